The zero-order valence-corrected chi connectivity index (χ0v) is 11.5. The van der Waals surface area contributed by atoms with Gasteiger partial charge in [0, 0.05) is 33.1 Å². The highest BCUT2D eigenvalue weighted by molar-refractivity contribution is 5.85. The normalized spacial score (nSPS) is 15.2. The van der Waals surface area contributed by atoms with Gasteiger partial charge in [-0.05, 0) is 12.8 Å². The quantitative estimate of drug-likeness (QED) is 0.816. The number of carbonyl (C=O) groups excluding carboxylic acids is 1. The second kappa shape index (κ2) is 5.44. The average Bonchev–Trinajstić information content (AvgIpc) is 3.03. The monoisotopic (exact) mass is 274 g/mol. The third-order valence-electron chi connectivity index (χ3n) is 3.60. The molecular weight excluding hydrogens is 256 g/mol. The van der Waals surface area contributed by atoms with Crippen LogP contribution in [-0.4, -0.2) is 50.2 Å². The smallest absolute Gasteiger partial charge is 0.222 e. The van der Waals surface area contributed by atoms with Crippen LogP contribution in [0.25, 0.3) is 11.0 Å². The Morgan fingerprint density at radius 2 is 2.30 bits per heavy atom. The van der Waals surface area contributed by atoms with Crippen LogP contribution in [-0.2, 0) is 11.8 Å². The molecule has 3 rings (SSSR count). The number of hydrogen-bond donors (Lipinski definition) is 1. The fourth-order valence-corrected chi connectivity index (χ4v) is 2.52. The minimum Gasteiger partial charge on any atom is -0.369 e. The molecule has 1 fully saturated rings. The molecule has 3 heterocycles. The van der Waals surface area contributed by atoms with Gasteiger partial charge in [-0.25, -0.2) is 9.97 Å². The van der Waals surface area contributed by atoms with Gasteiger partial charge in [0.25, 0.3) is 0 Å². The van der Waals surface area contributed by atoms with Crippen molar-refractivity contribution in [2.45, 2.75) is 19.3 Å². The van der Waals surface area contributed by atoms with Gasteiger partial charge in [-0.2, -0.15) is 5.10 Å². The molecule has 0 aromatic carbocycles. The van der Waals surface area contributed by atoms with Gasteiger partial charge in [-0.1, -0.05) is 0 Å². The van der Waals surface area contributed by atoms with Gasteiger partial charge in [0.1, 0.15) is 12.1 Å². The van der Waals surface area contributed by atoms with Gasteiger partial charge >= 0.3 is 0 Å². The minimum absolute atomic E-state index is 0.279. The molecule has 0 unspecified atom stereocenters. The highest BCUT2D eigenvalue weighted by atomic mass is 16.2. The maximum atomic E-state index is 11.5. The van der Waals surface area contributed by atoms with Crippen LogP contribution in [0.2, 0.25) is 0 Å². The molecule has 0 aliphatic carbocycles. The summed E-state index contributed by atoms with van der Waals surface area (Å²) in [5, 5.41) is 8.40. The topological polar surface area (TPSA) is 75.9 Å². The van der Waals surface area contributed by atoms with Crippen molar-refractivity contribution < 1.29 is 4.79 Å². The van der Waals surface area contributed by atoms with Gasteiger partial charge in [0.05, 0.1) is 11.6 Å². The Labute approximate surface area is 117 Å². The number of rotatable bonds is 5. The first kappa shape index (κ1) is 12.8. The lowest BCUT2D eigenvalue weighted by atomic mass is 10.3. The molecular formula is C13H18N6O. The Bertz CT molecular complexity index is 622. The Morgan fingerprint density at radius 1 is 1.40 bits per heavy atom. The van der Waals surface area contributed by atoms with E-state index in [2.05, 4.69) is 20.4 Å². The highest BCUT2D eigenvalue weighted by Gasteiger charge is 2.18. The van der Waals surface area contributed by atoms with E-state index in [1.165, 1.54) is 6.33 Å². The lowest BCUT2D eigenvalue weighted by Gasteiger charge is -2.15. The van der Waals surface area contributed by atoms with Crippen molar-refractivity contribution in [3.8, 4) is 0 Å². The Hall–Kier alpha value is -2.18. The molecule has 0 spiro atoms. The van der Waals surface area contributed by atoms with Crippen LogP contribution in [0, 0.1) is 0 Å². The van der Waals surface area contributed by atoms with Crippen molar-refractivity contribution >= 4 is 22.8 Å². The Morgan fingerprint density at radius 3 is 3.10 bits per heavy atom. The first-order valence-corrected chi connectivity index (χ1v) is 6.90. The SMILES string of the molecule is Cn1ncc2c(NCCCN3CCCC3=O)ncnc21. The zero-order valence-electron chi connectivity index (χ0n) is 11.5. The van der Waals surface area contributed by atoms with E-state index in [9.17, 15) is 4.79 Å². The third kappa shape index (κ3) is 2.43. The first-order valence-electron chi connectivity index (χ1n) is 6.90. The molecule has 0 atom stereocenters. The van der Waals surface area contributed by atoms with Crippen LogP contribution in [0.15, 0.2) is 12.5 Å². The van der Waals surface area contributed by atoms with Crippen molar-refractivity contribution in [2.75, 3.05) is 25.0 Å². The maximum absolute atomic E-state index is 11.5. The summed E-state index contributed by atoms with van der Waals surface area (Å²) in [5.41, 5.74) is 0.817. The number of aryl methyl sites for hydroxylation is 1. The van der Waals surface area contributed by atoms with Crippen LogP contribution in [0.4, 0.5) is 5.82 Å². The van der Waals surface area contributed by atoms with Crippen molar-refractivity contribution in [3.63, 3.8) is 0 Å². The standard InChI is InChI=1S/C13H18N6O/c1-18-13-10(8-17-18)12(15-9-16-13)14-5-3-7-19-6-2-4-11(19)20/h8-9H,2-7H2,1H3,(H,14,15,16). The summed E-state index contributed by atoms with van der Waals surface area (Å²) in [4.78, 5) is 21.9. The lowest BCUT2D eigenvalue weighted by molar-refractivity contribution is -0.127. The molecule has 106 valence electrons. The average molecular weight is 274 g/mol. The third-order valence-corrected chi connectivity index (χ3v) is 3.60. The predicted molar refractivity (Wildman–Crippen MR) is 75.2 cm³/mol. The Balaban J connectivity index is 1.56. The van der Waals surface area contributed by atoms with Crippen LogP contribution in [0.3, 0.4) is 0 Å². The number of fused-ring (bicyclic) bond motifs is 1. The summed E-state index contributed by atoms with van der Waals surface area (Å²) in [6.45, 7) is 2.50. The second-order valence-electron chi connectivity index (χ2n) is 4.99. The summed E-state index contributed by atoms with van der Waals surface area (Å²) < 4.78 is 1.73. The first-order chi connectivity index (χ1) is 9.75. The molecule has 20 heavy (non-hydrogen) atoms. The number of aromatic nitrogens is 4. The molecule has 0 radical (unpaired) electrons. The minimum atomic E-state index is 0.279. The second-order valence-corrected chi connectivity index (χ2v) is 4.99. The van der Waals surface area contributed by atoms with Crippen molar-refractivity contribution in [1.82, 2.24) is 24.6 Å². The number of amides is 1. The van der Waals surface area contributed by atoms with Crippen LogP contribution < -0.4 is 5.32 Å². The molecule has 2 aromatic rings. The van der Waals surface area contributed by atoms with Gasteiger partial charge < -0.3 is 10.2 Å². The summed E-state index contributed by atoms with van der Waals surface area (Å²) in [6, 6.07) is 0. The maximum Gasteiger partial charge on any atom is 0.222 e. The number of nitrogens with zero attached hydrogens (tertiary/aromatic N) is 5. The fourth-order valence-electron chi connectivity index (χ4n) is 2.52. The number of anilines is 1. The number of nitrogens with one attached hydrogen (secondary N) is 1. The summed E-state index contributed by atoms with van der Waals surface area (Å²) in [7, 11) is 1.86. The van der Waals surface area contributed by atoms with Crippen molar-refractivity contribution in [2.24, 2.45) is 7.05 Å². The molecule has 1 saturated heterocycles. The molecule has 1 amide bonds. The number of likely N-dealkylation sites (tertiary alicyclic amines) is 1. The van der Waals surface area contributed by atoms with Gasteiger partial charge in [0.2, 0.25) is 5.91 Å². The fraction of sp³-hybridized carbons (Fsp3) is 0.538. The zero-order chi connectivity index (χ0) is 13.9. The van der Waals surface area contributed by atoms with E-state index in [1.807, 2.05) is 11.9 Å². The van der Waals surface area contributed by atoms with E-state index >= 15 is 0 Å². The highest BCUT2D eigenvalue weighted by Crippen LogP contribution is 2.17. The van der Waals surface area contributed by atoms with Crippen LogP contribution in [0.1, 0.15) is 19.3 Å². The molecule has 0 saturated carbocycles. The predicted octanol–water partition coefficient (Wildman–Crippen LogP) is 0.788. The van der Waals surface area contributed by atoms with E-state index in [0.717, 1.165) is 49.3 Å². The van der Waals surface area contributed by atoms with Gasteiger partial charge in [-0.15, -0.1) is 0 Å². The molecule has 7 heteroatoms. The summed E-state index contributed by atoms with van der Waals surface area (Å²) in [6.07, 6.45) is 5.92. The number of carbonyl (C=O) groups is 1. The molecule has 1 N–H and O–H groups in total. The summed E-state index contributed by atoms with van der Waals surface area (Å²) in [5.74, 6) is 1.08. The molecule has 0 bridgehead atoms. The molecule has 1 aliphatic heterocycles. The molecule has 1 aliphatic rings. The van der Waals surface area contributed by atoms with Crippen molar-refractivity contribution in [3.05, 3.63) is 12.5 Å². The van der Waals surface area contributed by atoms with Crippen LogP contribution in [0.5, 0.6) is 0 Å². The van der Waals surface area contributed by atoms with Crippen molar-refractivity contribution in [1.29, 1.82) is 0 Å². The van der Waals surface area contributed by atoms with Crippen LogP contribution >= 0.6 is 0 Å². The van der Waals surface area contributed by atoms with Gasteiger partial charge in [-0.3, -0.25) is 9.48 Å². The van der Waals surface area contributed by atoms with E-state index in [0.29, 0.717) is 6.42 Å². The van der Waals surface area contributed by atoms with Gasteiger partial charge in [0.15, 0.2) is 5.65 Å². The largest absolute Gasteiger partial charge is 0.369 e. The molecule has 7 nitrogen and oxygen atoms in total. The van der Waals surface area contributed by atoms with E-state index in [1.54, 1.807) is 10.9 Å². The summed E-state index contributed by atoms with van der Waals surface area (Å²) >= 11 is 0. The van der Waals surface area contributed by atoms with E-state index in [4.69, 9.17) is 0 Å². The molecule has 2 aromatic heterocycles. The van der Waals surface area contributed by atoms with E-state index in [-0.39, 0.29) is 5.91 Å². The lowest BCUT2D eigenvalue weighted by Crippen LogP contribution is -2.27. The Kier molecular flexibility index (Phi) is 3.49. The number of hydrogen-bond acceptors (Lipinski definition) is 5. The van der Waals surface area contributed by atoms with E-state index < -0.39 is 0 Å².